The average Bonchev–Trinajstić information content (AvgIpc) is 3.86. The van der Waals surface area contributed by atoms with Crippen LogP contribution in [0.1, 0.15) is 11.4 Å². The lowest BCUT2D eigenvalue weighted by molar-refractivity contribution is -0.147. The van der Waals surface area contributed by atoms with Crippen molar-refractivity contribution in [2.75, 3.05) is 76.4 Å². The Bertz CT molecular complexity index is 2550. The van der Waals surface area contributed by atoms with E-state index in [2.05, 4.69) is 42.1 Å². The second-order valence-corrected chi connectivity index (χ2v) is 18.6. The van der Waals surface area contributed by atoms with Gasteiger partial charge in [0, 0.05) is 87.0 Å². The van der Waals surface area contributed by atoms with Crippen molar-refractivity contribution in [3.8, 4) is 34.0 Å². The standard InChI is InChI=1S/C47H44Br2Cl2F6N8O3/c1-67-37-25-31(13-15-33(37)50)60-17-21-62(22-18-60)35(27-64-44(46(52,53)54)39(48)41(58-64)29-9-5-3-6-10-29)43(66)36(63-23-19-61(20-24-63)32-14-16-34(51)38(26-32)68-2)28-65-45(47(55,56)57)40(49)42(59-65)30-11-7-4-8-12-30/h3-16,25-26,35-36H,17-24,27-28H2,1-2H3. The van der Waals surface area contributed by atoms with Gasteiger partial charge in [-0.05, 0) is 56.1 Å². The number of methoxy groups -OCH3 is 2. The molecule has 2 unspecified atom stereocenters. The summed E-state index contributed by atoms with van der Waals surface area (Å²) >= 11 is 19.0. The fourth-order valence-electron chi connectivity index (χ4n) is 8.84. The maximum absolute atomic E-state index is 15.8. The van der Waals surface area contributed by atoms with Crippen molar-refractivity contribution in [2.45, 2.75) is 37.5 Å². The van der Waals surface area contributed by atoms with Gasteiger partial charge in [0.05, 0.1) is 58.4 Å². The molecule has 0 radical (unpaired) electrons. The second-order valence-electron chi connectivity index (χ2n) is 16.2. The molecule has 360 valence electrons. The lowest BCUT2D eigenvalue weighted by Gasteiger charge is -2.44. The molecule has 0 spiro atoms. The Kier molecular flexibility index (Phi) is 15.1. The van der Waals surface area contributed by atoms with Gasteiger partial charge in [0.15, 0.2) is 17.2 Å². The summed E-state index contributed by atoms with van der Waals surface area (Å²) in [4.78, 5) is 23.5. The number of halogens is 10. The summed E-state index contributed by atoms with van der Waals surface area (Å²) in [5, 5.41) is 9.80. The number of ether oxygens (including phenoxy) is 2. The first kappa shape index (κ1) is 49.6. The van der Waals surface area contributed by atoms with E-state index < -0.39 is 54.7 Å². The molecule has 2 saturated heterocycles. The summed E-state index contributed by atoms with van der Waals surface area (Å²) in [7, 11) is 3.00. The third kappa shape index (κ3) is 10.5. The van der Waals surface area contributed by atoms with Gasteiger partial charge in [0.1, 0.15) is 22.9 Å². The Morgan fingerprint density at radius 1 is 0.588 bits per heavy atom. The van der Waals surface area contributed by atoms with Gasteiger partial charge in [-0.25, -0.2) is 0 Å². The normalized spacial score (nSPS) is 16.2. The second kappa shape index (κ2) is 20.7. The summed E-state index contributed by atoms with van der Waals surface area (Å²) in [6, 6.07) is 24.7. The highest BCUT2D eigenvalue weighted by Crippen LogP contribution is 2.43. The zero-order chi connectivity index (χ0) is 48.5. The molecule has 11 nitrogen and oxygen atoms in total. The van der Waals surface area contributed by atoms with Gasteiger partial charge in [-0.2, -0.15) is 36.5 Å². The predicted molar refractivity (Wildman–Crippen MR) is 257 cm³/mol. The molecular formula is C47H44Br2Cl2F6N8O3. The molecule has 0 aliphatic carbocycles. The highest BCUT2D eigenvalue weighted by Gasteiger charge is 2.45. The molecule has 21 heteroatoms. The molecule has 2 aliphatic heterocycles. The number of alkyl halides is 6. The SMILES string of the molecule is COc1cc(N2CCN(C(Cn3nc(-c4ccccc4)c(Br)c3C(F)(F)F)C(=O)C(Cn3nc(-c4ccccc4)c(Br)c3C(F)(F)F)N3CCN(c4ccc(Cl)c(OC)c4)CC3)CC2)ccc1Cl. The quantitative estimate of drug-likeness (QED) is 0.0991. The molecule has 0 N–H and O–H groups in total. The summed E-state index contributed by atoms with van der Waals surface area (Å²) < 4.78 is 103. The zero-order valence-corrected chi connectivity index (χ0v) is 41.2. The van der Waals surface area contributed by atoms with Crippen LogP contribution in [-0.2, 0) is 30.2 Å². The summed E-state index contributed by atoms with van der Waals surface area (Å²) in [6.45, 7) is 1.05. The van der Waals surface area contributed by atoms with Gasteiger partial charge in [-0.1, -0.05) is 83.9 Å². The number of hydrogen-bond donors (Lipinski definition) is 0. The number of anilines is 2. The Balaban J connectivity index is 1.21. The van der Waals surface area contributed by atoms with Gasteiger partial charge in [-0.15, -0.1) is 0 Å². The zero-order valence-electron chi connectivity index (χ0n) is 36.5. The maximum atomic E-state index is 15.8. The van der Waals surface area contributed by atoms with Gasteiger partial charge in [-0.3, -0.25) is 24.0 Å². The molecule has 0 amide bonds. The third-order valence-electron chi connectivity index (χ3n) is 12.3. The number of nitrogens with zero attached hydrogens (tertiary/aromatic N) is 8. The number of rotatable bonds is 14. The molecule has 2 fully saturated rings. The van der Waals surface area contributed by atoms with Gasteiger partial charge >= 0.3 is 12.4 Å². The van der Waals surface area contributed by atoms with E-state index in [0.29, 0.717) is 58.9 Å². The fourth-order valence-corrected chi connectivity index (χ4v) is 10.7. The van der Waals surface area contributed by atoms with Gasteiger partial charge < -0.3 is 19.3 Å². The van der Waals surface area contributed by atoms with E-state index in [9.17, 15) is 0 Å². The first-order chi connectivity index (χ1) is 32.5. The Labute approximate surface area is 415 Å². The number of aromatic nitrogens is 4. The molecule has 6 aromatic rings. The van der Waals surface area contributed by atoms with Crippen LogP contribution in [0.15, 0.2) is 106 Å². The molecule has 2 aliphatic rings. The average molecular weight is 1110 g/mol. The molecule has 4 aromatic carbocycles. The maximum Gasteiger partial charge on any atom is 0.434 e. The Morgan fingerprint density at radius 2 is 0.941 bits per heavy atom. The van der Waals surface area contributed by atoms with Gasteiger partial charge in [0.25, 0.3) is 0 Å². The number of hydrogen-bond acceptors (Lipinski definition) is 9. The topological polar surface area (TPSA) is 84.1 Å². The van der Waals surface area contributed by atoms with Crippen LogP contribution in [0.2, 0.25) is 10.0 Å². The van der Waals surface area contributed by atoms with Crippen molar-refractivity contribution < 1.29 is 40.6 Å². The van der Waals surface area contributed by atoms with Crippen molar-refractivity contribution in [1.82, 2.24) is 29.4 Å². The highest BCUT2D eigenvalue weighted by molar-refractivity contribution is 9.11. The van der Waals surface area contributed by atoms with E-state index in [4.69, 9.17) is 32.7 Å². The van der Waals surface area contributed by atoms with Crippen LogP contribution in [0.4, 0.5) is 37.7 Å². The molecule has 0 bridgehead atoms. The van der Waals surface area contributed by atoms with Crippen LogP contribution in [0.5, 0.6) is 11.5 Å². The molecule has 2 aromatic heterocycles. The molecule has 4 heterocycles. The Hall–Kier alpha value is -4.79. The predicted octanol–water partition coefficient (Wildman–Crippen LogP) is 11.0. The number of piperazine rings is 2. The number of ketones is 1. The largest absolute Gasteiger partial charge is 0.495 e. The molecule has 8 rings (SSSR count). The van der Waals surface area contributed by atoms with Crippen molar-refractivity contribution in [1.29, 1.82) is 0 Å². The minimum Gasteiger partial charge on any atom is -0.495 e. The Morgan fingerprint density at radius 3 is 1.26 bits per heavy atom. The number of carbonyl (C=O) groups excluding carboxylic acids is 1. The van der Waals surface area contributed by atoms with Crippen molar-refractivity contribution in [3.63, 3.8) is 0 Å². The molecule has 0 saturated carbocycles. The van der Waals surface area contributed by atoms with Crippen molar-refractivity contribution in [2.24, 2.45) is 0 Å². The van der Waals surface area contributed by atoms with E-state index in [1.807, 2.05) is 21.9 Å². The number of carbonyl (C=O) groups is 1. The number of benzene rings is 4. The van der Waals surface area contributed by atoms with Crippen molar-refractivity contribution in [3.05, 3.63) is 127 Å². The third-order valence-corrected chi connectivity index (χ3v) is 14.4. The lowest BCUT2D eigenvalue weighted by atomic mass is 9.99. The lowest BCUT2D eigenvalue weighted by Crippen LogP contribution is -2.61. The summed E-state index contributed by atoms with van der Waals surface area (Å²) in [5.74, 6) is 0.319. The van der Waals surface area contributed by atoms with Crippen LogP contribution >= 0.6 is 55.1 Å². The van der Waals surface area contributed by atoms with E-state index in [1.54, 1.807) is 94.7 Å². The van der Waals surface area contributed by atoms with E-state index in [-0.39, 0.29) is 46.5 Å². The van der Waals surface area contributed by atoms with E-state index in [0.717, 1.165) is 20.7 Å². The fraction of sp³-hybridized carbons (Fsp3) is 0.340. The number of Topliss-reactive ketones (excluding diaryl/α,β-unsaturated/α-hetero) is 1. The smallest absolute Gasteiger partial charge is 0.434 e. The highest BCUT2D eigenvalue weighted by atomic mass is 79.9. The first-order valence-corrected chi connectivity index (χ1v) is 23.8. The minimum atomic E-state index is -4.92. The first-order valence-electron chi connectivity index (χ1n) is 21.4. The molecular weight excluding hydrogens is 1070 g/mol. The minimum absolute atomic E-state index is 0.0155. The molecule has 2 atom stereocenters. The van der Waals surface area contributed by atoms with Crippen LogP contribution in [-0.4, -0.2) is 114 Å². The van der Waals surface area contributed by atoms with Crippen LogP contribution in [0.25, 0.3) is 22.5 Å². The monoisotopic (exact) mass is 1110 g/mol. The molecule has 68 heavy (non-hydrogen) atoms. The van der Waals surface area contributed by atoms with Crippen LogP contribution in [0.3, 0.4) is 0 Å². The van der Waals surface area contributed by atoms with Crippen LogP contribution < -0.4 is 19.3 Å². The van der Waals surface area contributed by atoms with Gasteiger partial charge in [0.2, 0.25) is 0 Å². The van der Waals surface area contributed by atoms with E-state index in [1.165, 1.54) is 14.2 Å². The van der Waals surface area contributed by atoms with Crippen molar-refractivity contribution >= 4 is 72.2 Å². The van der Waals surface area contributed by atoms with Crippen LogP contribution in [0, 0.1) is 0 Å². The summed E-state index contributed by atoms with van der Waals surface area (Å²) in [5.41, 5.74) is 0.202. The summed E-state index contributed by atoms with van der Waals surface area (Å²) in [6.07, 6.45) is -9.84. The van der Waals surface area contributed by atoms with E-state index >= 15 is 31.1 Å².